The maximum Gasteiger partial charge on any atom is 0.141 e. The molecule has 1 N–H and O–H groups in total. The molecule has 0 spiro atoms. The maximum absolute atomic E-state index is 9.81. The van der Waals surface area contributed by atoms with E-state index in [-0.39, 0.29) is 5.75 Å². The summed E-state index contributed by atoms with van der Waals surface area (Å²) in [6.45, 7) is 0. The van der Waals surface area contributed by atoms with Gasteiger partial charge in [-0.15, -0.1) is 0 Å². The van der Waals surface area contributed by atoms with E-state index in [1.807, 2.05) is 48.5 Å². The van der Waals surface area contributed by atoms with Gasteiger partial charge in [-0.05, 0) is 24.3 Å². The molecule has 4 heteroatoms. The fraction of sp³-hybridized carbons (Fsp3) is 0. The molecule has 0 saturated carbocycles. The smallest absolute Gasteiger partial charge is 0.141 e. The lowest BCUT2D eigenvalue weighted by atomic mass is 10.2. The van der Waals surface area contributed by atoms with E-state index in [1.165, 1.54) is 6.20 Å². The first kappa shape index (κ1) is 12.3. The highest BCUT2D eigenvalue weighted by Gasteiger charge is 2.07. The third-order valence-corrected chi connectivity index (χ3v) is 4.04. The number of pyridine rings is 1. The standard InChI is InChI=1S/C15H10ClNOS/c16-10-5-7-11(8-6-10)19-15-13-4-2-1-3-12(13)14(18)9-17-15/h1-9,18H. The number of hydrogen-bond acceptors (Lipinski definition) is 3. The van der Waals surface area contributed by atoms with Crippen molar-refractivity contribution in [2.75, 3.05) is 0 Å². The SMILES string of the molecule is Oc1cnc(Sc2ccc(Cl)cc2)c2ccccc12. The number of fused-ring (bicyclic) bond motifs is 1. The average molecular weight is 288 g/mol. The molecule has 0 aliphatic carbocycles. The summed E-state index contributed by atoms with van der Waals surface area (Å²) in [6.07, 6.45) is 1.49. The molecule has 0 unspecified atom stereocenters. The van der Waals surface area contributed by atoms with Crippen LogP contribution in [-0.2, 0) is 0 Å². The summed E-state index contributed by atoms with van der Waals surface area (Å²) in [5.74, 6) is 0.205. The maximum atomic E-state index is 9.81. The summed E-state index contributed by atoms with van der Waals surface area (Å²) in [4.78, 5) is 5.37. The summed E-state index contributed by atoms with van der Waals surface area (Å²) in [7, 11) is 0. The van der Waals surface area contributed by atoms with Crippen molar-refractivity contribution in [2.24, 2.45) is 0 Å². The topological polar surface area (TPSA) is 33.1 Å². The highest BCUT2D eigenvalue weighted by Crippen LogP contribution is 2.35. The van der Waals surface area contributed by atoms with Crippen LogP contribution in [0.25, 0.3) is 10.8 Å². The summed E-state index contributed by atoms with van der Waals surface area (Å²) in [5, 5.41) is 13.2. The molecule has 94 valence electrons. The van der Waals surface area contributed by atoms with E-state index < -0.39 is 0 Å². The Morgan fingerprint density at radius 3 is 2.37 bits per heavy atom. The first-order valence-corrected chi connectivity index (χ1v) is 6.93. The molecule has 0 atom stereocenters. The first-order chi connectivity index (χ1) is 9.24. The molecule has 3 aromatic rings. The van der Waals surface area contributed by atoms with Crippen LogP contribution in [0.2, 0.25) is 5.02 Å². The summed E-state index contributed by atoms with van der Waals surface area (Å²) < 4.78 is 0. The molecular formula is C15H10ClNOS. The second kappa shape index (κ2) is 5.11. The van der Waals surface area contributed by atoms with E-state index in [0.29, 0.717) is 5.02 Å². The molecular weight excluding hydrogens is 278 g/mol. The molecule has 0 amide bonds. The number of aromatic nitrogens is 1. The predicted octanol–water partition coefficient (Wildman–Crippen LogP) is 4.75. The second-order valence-electron chi connectivity index (χ2n) is 4.05. The molecule has 19 heavy (non-hydrogen) atoms. The van der Waals surface area contributed by atoms with Crippen LogP contribution in [-0.4, -0.2) is 10.1 Å². The highest BCUT2D eigenvalue weighted by atomic mass is 35.5. The average Bonchev–Trinajstić information content (AvgIpc) is 2.45. The minimum Gasteiger partial charge on any atom is -0.506 e. The Kier molecular flexibility index (Phi) is 3.32. The normalized spacial score (nSPS) is 10.8. The van der Waals surface area contributed by atoms with Crippen molar-refractivity contribution >= 4 is 34.1 Å². The zero-order valence-corrected chi connectivity index (χ0v) is 11.4. The number of halogens is 1. The Hall–Kier alpha value is -1.71. The van der Waals surface area contributed by atoms with Crippen LogP contribution in [0.1, 0.15) is 0 Å². The zero-order valence-electron chi connectivity index (χ0n) is 9.88. The molecule has 0 fully saturated rings. The van der Waals surface area contributed by atoms with Gasteiger partial charge in [-0.3, -0.25) is 0 Å². The minimum absolute atomic E-state index is 0.205. The van der Waals surface area contributed by atoms with E-state index in [0.717, 1.165) is 20.7 Å². The Bertz CT molecular complexity index is 728. The third-order valence-electron chi connectivity index (χ3n) is 2.77. The lowest BCUT2D eigenvalue weighted by molar-refractivity contribution is 0.478. The van der Waals surface area contributed by atoms with Gasteiger partial charge in [0, 0.05) is 20.7 Å². The molecule has 0 aliphatic heterocycles. The summed E-state index contributed by atoms with van der Waals surface area (Å²) >= 11 is 7.43. The van der Waals surface area contributed by atoms with Crippen molar-refractivity contribution in [1.29, 1.82) is 0 Å². The van der Waals surface area contributed by atoms with Gasteiger partial charge in [0.25, 0.3) is 0 Å². The Balaban J connectivity index is 2.06. The first-order valence-electron chi connectivity index (χ1n) is 5.74. The van der Waals surface area contributed by atoms with Gasteiger partial charge < -0.3 is 5.11 Å². The van der Waals surface area contributed by atoms with Crippen molar-refractivity contribution < 1.29 is 5.11 Å². The lowest BCUT2D eigenvalue weighted by Gasteiger charge is -2.06. The van der Waals surface area contributed by atoms with Crippen molar-refractivity contribution in [3.8, 4) is 5.75 Å². The van der Waals surface area contributed by atoms with Gasteiger partial charge in [0.05, 0.1) is 6.20 Å². The molecule has 2 aromatic carbocycles. The van der Waals surface area contributed by atoms with Crippen molar-refractivity contribution in [2.45, 2.75) is 9.92 Å². The molecule has 0 saturated heterocycles. The minimum atomic E-state index is 0.205. The van der Waals surface area contributed by atoms with E-state index in [9.17, 15) is 5.11 Å². The molecule has 0 aliphatic rings. The van der Waals surface area contributed by atoms with Crippen molar-refractivity contribution in [3.05, 3.63) is 59.8 Å². The fourth-order valence-corrected chi connectivity index (χ4v) is 2.86. The molecule has 3 rings (SSSR count). The van der Waals surface area contributed by atoms with Crippen molar-refractivity contribution in [1.82, 2.24) is 4.98 Å². The Morgan fingerprint density at radius 1 is 0.947 bits per heavy atom. The van der Waals surface area contributed by atoms with Gasteiger partial charge >= 0.3 is 0 Å². The van der Waals surface area contributed by atoms with E-state index in [4.69, 9.17) is 11.6 Å². The number of benzene rings is 2. The Labute approximate surface area is 120 Å². The van der Waals surface area contributed by atoms with E-state index in [1.54, 1.807) is 11.8 Å². The molecule has 0 radical (unpaired) electrons. The van der Waals surface area contributed by atoms with Gasteiger partial charge in [-0.25, -0.2) is 4.98 Å². The van der Waals surface area contributed by atoms with Crippen LogP contribution in [0.3, 0.4) is 0 Å². The second-order valence-corrected chi connectivity index (χ2v) is 5.55. The fourth-order valence-electron chi connectivity index (χ4n) is 1.85. The van der Waals surface area contributed by atoms with Crippen LogP contribution in [0.15, 0.2) is 64.6 Å². The van der Waals surface area contributed by atoms with Crippen LogP contribution in [0, 0.1) is 0 Å². The van der Waals surface area contributed by atoms with Crippen LogP contribution < -0.4 is 0 Å². The molecule has 1 aromatic heterocycles. The molecule has 2 nitrogen and oxygen atoms in total. The van der Waals surface area contributed by atoms with Crippen molar-refractivity contribution in [3.63, 3.8) is 0 Å². The number of nitrogens with zero attached hydrogens (tertiary/aromatic N) is 1. The van der Waals surface area contributed by atoms with Crippen LogP contribution in [0.4, 0.5) is 0 Å². The number of rotatable bonds is 2. The highest BCUT2D eigenvalue weighted by molar-refractivity contribution is 7.99. The lowest BCUT2D eigenvalue weighted by Crippen LogP contribution is -1.84. The van der Waals surface area contributed by atoms with E-state index >= 15 is 0 Å². The van der Waals surface area contributed by atoms with Gasteiger partial charge in [0.2, 0.25) is 0 Å². The van der Waals surface area contributed by atoms with Gasteiger partial charge in [0.1, 0.15) is 10.8 Å². The Morgan fingerprint density at radius 2 is 1.63 bits per heavy atom. The molecule has 1 heterocycles. The third kappa shape index (κ3) is 2.53. The van der Waals surface area contributed by atoms with Gasteiger partial charge in [0.15, 0.2) is 0 Å². The van der Waals surface area contributed by atoms with Gasteiger partial charge in [-0.2, -0.15) is 0 Å². The monoisotopic (exact) mass is 287 g/mol. The van der Waals surface area contributed by atoms with Crippen LogP contribution in [0.5, 0.6) is 5.75 Å². The molecule has 0 bridgehead atoms. The number of hydrogen-bond donors (Lipinski definition) is 1. The quantitative estimate of drug-likeness (QED) is 0.739. The zero-order chi connectivity index (χ0) is 13.2. The summed E-state index contributed by atoms with van der Waals surface area (Å²) in [5.41, 5.74) is 0. The predicted molar refractivity (Wildman–Crippen MR) is 79.0 cm³/mol. The van der Waals surface area contributed by atoms with Gasteiger partial charge in [-0.1, -0.05) is 47.6 Å². The summed E-state index contributed by atoms with van der Waals surface area (Å²) in [6, 6.07) is 15.3. The largest absolute Gasteiger partial charge is 0.506 e. The van der Waals surface area contributed by atoms with Crippen LogP contribution >= 0.6 is 23.4 Å². The number of aromatic hydroxyl groups is 1. The van der Waals surface area contributed by atoms with E-state index in [2.05, 4.69) is 4.98 Å².